The summed E-state index contributed by atoms with van der Waals surface area (Å²) in [5.74, 6) is -0.300. The number of benzene rings is 2. The van der Waals surface area contributed by atoms with Crippen LogP contribution >= 0.6 is 23.2 Å². The quantitative estimate of drug-likeness (QED) is 0.519. The number of hydrogen-bond acceptors (Lipinski definition) is 4. The summed E-state index contributed by atoms with van der Waals surface area (Å²) in [6.45, 7) is 3.51. The first-order chi connectivity index (χ1) is 12.2. The number of ether oxygens (including phenoxy) is 1. The lowest BCUT2D eigenvalue weighted by molar-refractivity contribution is -0.134. The van der Waals surface area contributed by atoms with E-state index >= 15 is 0 Å². The van der Waals surface area contributed by atoms with E-state index in [1.807, 2.05) is 31.2 Å². The maximum absolute atomic E-state index is 12.1. The van der Waals surface area contributed by atoms with Gasteiger partial charge in [-0.25, -0.2) is 0 Å². The maximum Gasteiger partial charge on any atom is 0.300 e. The number of para-hydroxylation sites is 1. The summed E-state index contributed by atoms with van der Waals surface area (Å²) in [6, 6.07) is 10.6. The highest BCUT2D eigenvalue weighted by Crippen LogP contribution is 2.33. The topological polar surface area (TPSA) is 83.8 Å². The molecule has 0 spiro atoms. The van der Waals surface area contributed by atoms with Gasteiger partial charge in [0.1, 0.15) is 5.75 Å². The van der Waals surface area contributed by atoms with E-state index in [9.17, 15) is 9.90 Å². The molecule has 0 saturated heterocycles. The van der Waals surface area contributed by atoms with Crippen LogP contribution in [0, 0.1) is 6.92 Å². The summed E-state index contributed by atoms with van der Waals surface area (Å²) < 4.78 is 5.65. The molecule has 0 aromatic heterocycles. The average molecular weight is 399 g/mol. The van der Waals surface area contributed by atoms with Crippen molar-refractivity contribution in [2.24, 2.45) is 0 Å². The van der Waals surface area contributed by atoms with Gasteiger partial charge in [0.15, 0.2) is 11.5 Å². The van der Waals surface area contributed by atoms with Crippen molar-refractivity contribution in [2.45, 2.75) is 26.7 Å². The summed E-state index contributed by atoms with van der Waals surface area (Å²) in [4.78, 5) is 21.1. The Morgan fingerprint density at radius 2 is 1.65 bits per heavy atom. The molecule has 7 heteroatoms. The zero-order chi connectivity index (χ0) is 19.7. The van der Waals surface area contributed by atoms with Crippen molar-refractivity contribution < 1.29 is 24.5 Å². The lowest BCUT2D eigenvalue weighted by Crippen LogP contribution is -2.04. The van der Waals surface area contributed by atoms with Crippen LogP contribution in [-0.4, -0.2) is 28.6 Å². The van der Waals surface area contributed by atoms with E-state index in [1.165, 1.54) is 12.1 Å². The van der Waals surface area contributed by atoms with Crippen LogP contribution in [0.15, 0.2) is 36.4 Å². The number of hydrogen-bond donors (Lipinski definition) is 2. The molecule has 0 saturated carbocycles. The van der Waals surface area contributed by atoms with Crippen LogP contribution in [0.4, 0.5) is 0 Å². The molecule has 26 heavy (non-hydrogen) atoms. The number of aryl methyl sites for hydroxylation is 1. The summed E-state index contributed by atoms with van der Waals surface area (Å²) in [6.07, 6.45) is 0.909. The Labute approximate surface area is 162 Å². The fourth-order valence-electron chi connectivity index (χ4n) is 2.00. The largest absolute Gasteiger partial charge is 0.505 e. The zero-order valence-electron chi connectivity index (χ0n) is 14.5. The predicted octanol–water partition coefficient (Wildman–Crippen LogP) is 5.14. The molecule has 2 aromatic rings. The summed E-state index contributed by atoms with van der Waals surface area (Å²) in [5, 5.41) is 17.1. The molecule has 0 atom stereocenters. The van der Waals surface area contributed by atoms with Crippen LogP contribution in [0.1, 0.15) is 35.7 Å². The van der Waals surface area contributed by atoms with E-state index in [1.54, 1.807) is 0 Å². The van der Waals surface area contributed by atoms with Gasteiger partial charge in [0.2, 0.25) is 0 Å². The van der Waals surface area contributed by atoms with Gasteiger partial charge in [-0.1, -0.05) is 41.4 Å². The van der Waals surface area contributed by atoms with Crippen molar-refractivity contribution in [1.82, 2.24) is 0 Å². The molecule has 5 nitrogen and oxygen atoms in total. The SMILES string of the molecule is CC(=O)O.Cc1ccccc1OCCCC(=O)c1cc(Cl)c(O)c(Cl)c1. The molecule has 0 fully saturated rings. The first-order valence-corrected chi connectivity index (χ1v) is 8.57. The second-order valence-electron chi connectivity index (χ2n) is 5.45. The number of Topliss-reactive ketones (excluding diaryl/α,β-unsaturated/α-hetero) is 1. The Kier molecular flexibility index (Phi) is 8.96. The summed E-state index contributed by atoms with van der Waals surface area (Å²) in [5.41, 5.74) is 1.45. The van der Waals surface area contributed by atoms with Crippen LogP contribution in [0.2, 0.25) is 10.0 Å². The lowest BCUT2D eigenvalue weighted by atomic mass is 10.1. The maximum atomic E-state index is 12.1. The fraction of sp³-hybridized carbons (Fsp3) is 0.263. The minimum absolute atomic E-state index is 0.0759. The number of halogens is 2. The number of carboxylic acids is 1. The van der Waals surface area contributed by atoms with E-state index in [4.69, 9.17) is 37.8 Å². The Morgan fingerprint density at radius 1 is 1.12 bits per heavy atom. The first kappa shape index (κ1) is 21.8. The Hall–Kier alpha value is -2.24. The molecule has 0 aliphatic carbocycles. The fourth-order valence-corrected chi connectivity index (χ4v) is 2.49. The highest BCUT2D eigenvalue weighted by atomic mass is 35.5. The number of aliphatic carboxylic acids is 1. The van der Waals surface area contributed by atoms with Gasteiger partial charge in [-0.2, -0.15) is 0 Å². The number of aromatic hydroxyl groups is 1. The number of ketones is 1. The molecule has 2 N–H and O–H groups in total. The van der Waals surface area contributed by atoms with Gasteiger partial charge in [-0.15, -0.1) is 0 Å². The minimum Gasteiger partial charge on any atom is -0.505 e. The molecule has 2 aromatic carbocycles. The Bertz CT molecular complexity index is 747. The van der Waals surface area contributed by atoms with E-state index in [2.05, 4.69) is 0 Å². The van der Waals surface area contributed by atoms with Crippen molar-refractivity contribution >= 4 is 35.0 Å². The van der Waals surface area contributed by atoms with Gasteiger partial charge >= 0.3 is 0 Å². The van der Waals surface area contributed by atoms with Gasteiger partial charge in [0, 0.05) is 18.9 Å². The number of phenols is 1. The summed E-state index contributed by atoms with van der Waals surface area (Å²) in [7, 11) is 0. The Morgan fingerprint density at radius 3 is 2.19 bits per heavy atom. The number of carbonyl (C=O) groups is 2. The molecule has 0 heterocycles. The minimum atomic E-state index is -0.833. The highest BCUT2D eigenvalue weighted by Gasteiger charge is 2.12. The third kappa shape index (κ3) is 7.33. The van der Waals surface area contributed by atoms with Gasteiger partial charge in [0.25, 0.3) is 5.97 Å². The number of rotatable bonds is 6. The van der Waals surface area contributed by atoms with Gasteiger partial charge in [-0.3, -0.25) is 9.59 Å². The van der Waals surface area contributed by atoms with E-state index < -0.39 is 5.97 Å². The Balaban J connectivity index is 0.000000765. The highest BCUT2D eigenvalue weighted by molar-refractivity contribution is 6.37. The van der Waals surface area contributed by atoms with E-state index in [0.717, 1.165) is 18.2 Å². The molecule has 0 bridgehead atoms. The van der Waals surface area contributed by atoms with Crippen molar-refractivity contribution in [1.29, 1.82) is 0 Å². The van der Waals surface area contributed by atoms with Gasteiger partial charge < -0.3 is 14.9 Å². The number of phenolic OH excluding ortho intramolecular Hbond substituents is 1. The third-order valence-electron chi connectivity index (χ3n) is 3.24. The van der Waals surface area contributed by atoms with E-state index in [0.29, 0.717) is 25.0 Å². The second kappa shape index (κ2) is 10.7. The molecule has 0 aliphatic heterocycles. The average Bonchev–Trinajstić information content (AvgIpc) is 2.57. The van der Waals surface area contributed by atoms with Crippen LogP contribution in [0.5, 0.6) is 11.5 Å². The lowest BCUT2D eigenvalue weighted by Gasteiger charge is -2.09. The molecule has 0 radical (unpaired) electrons. The second-order valence-corrected chi connectivity index (χ2v) is 6.26. The number of carboxylic acid groups (broad SMARTS) is 1. The smallest absolute Gasteiger partial charge is 0.300 e. The zero-order valence-corrected chi connectivity index (χ0v) is 16.0. The molecule has 2 rings (SSSR count). The van der Waals surface area contributed by atoms with Gasteiger partial charge in [-0.05, 0) is 37.1 Å². The molecular formula is C19H20Cl2O5. The van der Waals surface area contributed by atoms with Gasteiger partial charge in [0.05, 0.1) is 16.7 Å². The molecular weight excluding hydrogens is 379 g/mol. The third-order valence-corrected chi connectivity index (χ3v) is 3.81. The van der Waals surface area contributed by atoms with Crippen LogP contribution in [0.25, 0.3) is 0 Å². The monoisotopic (exact) mass is 398 g/mol. The molecule has 0 unspecified atom stereocenters. The van der Waals surface area contributed by atoms with Crippen molar-refractivity contribution in [3.8, 4) is 11.5 Å². The molecule has 0 aliphatic rings. The normalized spacial score (nSPS) is 9.85. The molecule has 140 valence electrons. The molecule has 0 amide bonds. The standard InChI is InChI=1S/C17H16Cl2O3.C2H4O2/c1-11-5-2-3-7-16(11)22-8-4-6-15(20)12-9-13(18)17(21)14(19)10-12;1-2(3)4/h2-3,5,7,9-10,21H,4,6,8H2,1H3;1H3,(H,3,4). The van der Waals surface area contributed by atoms with Crippen LogP contribution < -0.4 is 4.74 Å². The van der Waals surface area contributed by atoms with Crippen LogP contribution in [-0.2, 0) is 4.79 Å². The van der Waals surface area contributed by atoms with Crippen molar-refractivity contribution in [3.63, 3.8) is 0 Å². The van der Waals surface area contributed by atoms with Crippen molar-refractivity contribution in [3.05, 3.63) is 57.6 Å². The van der Waals surface area contributed by atoms with Crippen molar-refractivity contribution in [2.75, 3.05) is 6.61 Å². The summed E-state index contributed by atoms with van der Waals surface area (Å²) >= 11 is 11.6. The van der Waals surface area contributed by atoms with Crippen LogP contribution in [0.3, 0.4) is 0 Å². The van der Waals surface area contributed by atoms with E-state index in [-0.39, 0.29) is 21.6 Å². The first-order valence-electron chi connectivity index (χ1n) is 7.81. The number of carbonyl (C=O) groups excluding carboxylic acids is 1. The predicted molar refractivity (Wildman–Crippen MR) is 102 cm³/mol.